The van der Waals surface area contributed by atoms with Gasteiger partial charge in [-0.2, -0.15) is 5.26 Å². The molecule has 1 atom stereocenters. The van der Waals surface area contributed by atoms with Gasteiger partial charge in [0.1, 0.15) is 17.3 Å². The van der Waals surface area contributed by atoms with Gasteiger partial charge in [0, 0.05) is 5.39 Å². The fraction of sp³-hybridized carbons (Fsp3) is 0.115. The second-order valence-electron chi connectivity index (χ2n) is 7.52. The molecule has 3 aromatic carbocycles. The summed E-state index contributed by atoms with van der Waals surface area (Å²) in [5.74, 6) is -2.52. The number of nitrogens with zero attached hydrogens (tertiary/aromatic N) is 2. The maximum Gasteiger partial charge on any atom is 0.355 e. The quantitative estimate of drug-likeness (QED) is 0.573. The van der Waals surface area contributed by atoms with Crippen molar-refractivity contribution >= 4 is 28.4 Å². The van der Waals surface area contributed by atoms with Gasteiger partial charge in [0.15, 0.2) is 0 Å². The van der Waals surface area contributed by atoms with Crippen molar-refractivity contribution in [1.82, 2.24) is 0 Å². The van der Waals surface area contributed by atoms with Crippen LogP contribution in [0.2, 0.25) is 0 Å². The molecule has 1 aliphatic heterocycles. The SMILES string of the molecule is COC(=O)C1=C(C(=O)OC)N(c2cccc3cc(O)ccc23)C(N)=C(C#N)C1c1ccccc1. The first-order valence-corrected chi connectivity index (χ1v) is 10.3. The molecule has 0 radical (unpaired) electrons. The number of rotatable bonds is 4. The number of aromatic hydroxyl groups is 1. The highest BCUT2D eigenvalue weighted by atomic mass is 16.5. The lowest BCUT2D eigenvalue weighted by atomic mass is 9.80. The van der Waals surface area contributed by atoms with Gasteiger partial charge in [-0.1, -0.05) is 42.5 Å². The van der Waals surface area contributed by atoms with E-state index in [2.05, 4.69) is 6.07 Å². The van der Waals surface area contributed by atoms with Crippen molar-refractivity contribution < 1.29 is 24.2 Å². The number of methoxy groups -OCH3 is 2. The Hall–Kier alpha value is -4.77. The fourth-order valence-electron chi connectivity index (χ4n) is 4.21. The maximum atomic E-state index is 13.2. The third kappa shape index (κ3) is 3.59. The van der Waals surface area contributed by atoms with E-state index in [1.54, 1.807) is 60.7 Å². The van der Waals surface area contributed by atoms with Gasteiger partial charge >= 0.3 is 11.9 Å². The molecule has 8 heteroatoms. The number of nitriles is 1. The van der Waals surface area contributed by atoms with Crippen LogP contribution in [0.4, 0.5) is 5.69 Å². The predicted molar refractivity (Wildman–Crippen MR) is 125 cm³/mol. The van der Waals surface area contributed by atoms with Gasteiger partial charge in [0.25, 0.3) is 0 Å². The highest BCUT2D eigenvalue weighted by Gasteiger charge is 2.43. The number of carbonyl (C=O) groups excluding carboxylic acids is 2. The average molecular weight is 455 g/mol. The second-order valence-corrected chi connectivity index (χ2v) is 7.52. The summed E-state index contributed by atoms with van der Waals surface area (Å²) in [6, 6.07) is 20.8. The summed E-state index contributed by atoms with van der Waals surface area (Å²) in [5, 5.41) is 21.3. The molecule has 0 aliphatic carbocycles. The number of phenols is 1. The molecule has 1 unspecified atom stereocenters. The Morgan fingerprint density at radius 2 is 1.71 bits per heavy atom. The van der Waals surface area contributed by atoms with Gasteiger partial charge in [-0.15, -0.1) is 0 Å². The van der Waals surface area contributed by atoms with E-state index < -0.39 is 17.9 Å². The van der Waals surface area contributed by atoms with Crippen LogP contribution in [-0.2, 0) is 19.1 Å². The number of phenolic OH excluding ortho intramolecular Hbond substituents is 1. The fourth-order valence-corrected chi connectivity index (χ4v) is 4.21. The Morgan fingerprint density at radius 1 is 1.00 bits per heavy atom. The van der Waals surface area contributed by atoms with Crippen LogP contribution in [0.3, 0.4) is 0 Å². The molecule has 8 nitrogen and oxygen atoms in total. The van der Waals surface area contributed by atoms with Gasteiger partial charge in [0.2, 0.25) is 0 Å². The molecule has 0 amide bonds. The van der Waals surface area contributed by atoms with Crippen LogP contribution >= 0.6 is 0 Å². The van der Waals surface area contributed by atoms with Gasteiger partial charge in [-0.3, -0.25) is 4.90 Å². The molecule has 0 aromatic heterocycles. The van der Waals surface area contributed by atoms with E-state index in [1.165, 1.54) is 25.2 Å². The van der Waals surface area contributed by atoms with Crippen molar-refractivity contribution in [3.05, 3.63) is 95.0 Å². The minimum absolute atomic E-state index is 0.0232. The molecular weight excluding hydrogens is 434 g/mol. The van der Waals surface area contributed by atoms with Crippen molar-refractivity contribution in [2.24, 2.45) is 5.73 Å². The summed E-state index contributed by atoms with van der Waals surface area (Å²) in [4.78, 5) is 27.6. The zero-order valence-corrected chi connectivity index (χ0v) is 18.5. The Labute approximate surface area is 195 Å². The lowest BCUT2D eigenvalue weighted by molar-refractivity contribution is -0.139. The van der Waals surface area contributed by atoms with Crippen LogP contribution in [0.5, 0.6) is 5.75 Å². The lowest BCUT2D eigenvalue weighted by Crippen LogP contribution is -2.40. The van der Waals surface area contributed by atoms with Gasteiger partial charge in [-0.05, 0) is 35.2 Å². The number of allylic oxidation sites excluding steroid dienone is 1. The summed E-state index contributed by atoms with van der Waals surface area (Å²) >= 11 is 0. The summed E-state index contributed by atoms with van der Waals surface area (Å²) in [6.07, 6.45) is 0. The minimum atomic E-state index is -0.942. The average Bonchev–Trinajstić information content (AvgIpc) is 2.87. The first kappa shape index (κ1) is 22.4. The zero-order chi connectivity index (χ0) is 24.4. The summed E-state index contributed by atoms with van der Waals surface area (Å²) in [6.45, 7) is 0. The van der Waals surface area contributed by atoms with Crippen molar-refractivity contribution in [3.63, 3.8) is 0 Å². The van der Waals surface area contributed by atoms with E-state index in [0.29, 0.717) is 22.0 Å². The van der Waals surface area contributed by atoms with Crippen LogP contribution in [0.1, 0.15) is 11.5 Å². The Bertz CT molecular complexity index is 1400. The van der Waals surface area contributed by atoms with Crippen molar-refractivity contribution in [2.45, 2.75) is 5.92 Å². The number of fused-ring (bicyclic) bond motifs is 1. The van der Waals surface area contributed by atoms with E-state index in [4.69, 9.17) is 15.2 Å². The molecule has 4 rings (SSSR count). The van der Waals surface area contributed by atoms with E-state index in [9.17, 15) is 20.0 Å². The van der Waals surface area contributed by atoms with Gasteiger partial charge in [-0.25, -0.2) is 9.59 Å². The third-order valence-corrected chi connectivity index (χ3v) is 5.69. The summed E-state index contributed by atoms with van der Waals surface area (Å²) in [7, 11) is 2.39. The Kier molecular flexibility index (Phi) is 5.94. The standard InChI is InChI=1S/C26H21N3O5/c1-33-25(31)22-21(15-7-4-3-5-8-15)19(14-27)24(28)29(23(22)26(32)34-2)20-10-6-9-16-13-17(30)11-12-18(16)20/h3-13,21,30H,28H2,1-2H3. The predicted octanol–water partition coefficient (Wildman–Crippen LogP) is 3.44. The molecule has 34 heavy (non-hydrogen) atoms. The normalized spacial score (nSPS) is 15.8. The van der Waals surface area contributed by atoms with Crippen LogP contribution in [0.25, 0.3) is 10.8 Å². The minimum Gasteiger partial charge on any atom is -0.508 e. The molecule has 1 aliphatic rings. The number of benzene rings is 3. The number of carbonyl (C=O) groups is 2. The van der Waals surface area contributed by atoms with Crippen molar-refractivity contribution in [2.75, 3.05) is 19.1 Å². The second kappa shape index (κ2) is 9.00. The molecular formula is C26H21N3O5. The first-order chi connectivity index (χ1) is 16.4. The number of ether oxygens (including phenoxy) is 2. The highest BCUT2D eigenvalue weighted by Crippen LogP contribution is 2.44. The number of nitrogens with two attached hydrogens (primary N) is 1. The number of hydrogen-bond donors (Lipinski definition) is 2. The molecule has 3 N–H and O–H groups in total. The molecule has 0 saturated heterocycles. The van der Waals surface area contributed by atoms with Crippen molar-refractivity contribution in [3.8, 4) is 11.8 Å². The Morgan fingerprint density at radius 3 is 2.35 bits per heavy atom. The largest absolute Gasteiger partial charge is 0.508 e. The van der Waals surface area contributed by atoms with Crippen LogP contribution in [0, 0.1) is 11.3 Å². The van der Waals surface area contributed by atoms with E-state index in [0.717, 1.165) is 0 Å². The number of anilines is 1. The molecule has 0 spiro atoms. The van der Waals surface area contributed by atoms with Crippen LogP contribution in [-0.4, -0.2) is 31.3 Å². The number of esters is 2. The van der Waals surface area contributed by atoms with Gasteiger partial charge in [0.05, 0.1) is 43.0 Å². The monoisotopic (exact) mass is 455 g/mol. The molecule has 170 valence electrons. The first-order valence-electron chi connectivity index (χ1n) is 10.3. The molecule has 0 fully saturated rings. The zero-order valence-electron chi connectivity index (χ0n) is 18.5. The van der Waals surface area contributed by atoms with Crippen LogP contribution < -0.4 is 10.6 Å². The lowest BCUT2D eigenvalue weighted by Gasteiger charge is -2.36. The Balaban J connectivity index is 2.12. The smallest absolute Gasteiger partial charge is 0.355 e. The molecule has 1 heterocycles. The highest BCUT2D eigenvalue weighted by molar-refractivity contribution is 6.08. The van der Waals surface area contributed by atoms with Crippen LogP contribution in [0.15, 0.2) is 89.4 Å². The third-order valence-electron chi connectivity index (χ3n) is 5.69. The van der Waals surface area contributed by atoms with E-state index in [1.807, 2.05) is 0 Å². The van der Waals surface area contributed by atoms with Gasteiger partial charge < -0.3 is 20.3 Å². The van der Waals surface area contributed by atoms with E-state index >= 15 is 0 Å². The van der Waals surface area contributed by atoms with Crippen molar-refractivity contribution in [1.29, 1.82) is 5.26 Å². The molecule has 3 aromatic rings. The maximum absolute atomic E-state index is 13.2. The summed E-state index contributed by atoms with van der Waals surface area (Å²) < 4.78 is 10.1. The summed E-state index contributed by atoms with van der Waals surface area (Å²) in [5.41, 5.74) is 7.42. The van der Waals surface area contributed by atoms with E-state index in [-0.39, 0.29) is 28.4 Å². The topological polar surface area (TPSA) is 126 Å². The molecule has 0 bridgehead atoms. The molecule has 0 saturated carbocycles. The number of hydrogen-bond acceptors (Lipinski definition) is 8.